The van der Waals surface area contributed by atoms with Crippen LogP contribution in [0, 0.1) is 5.92 Å². The highest BCUT2D eigenvalue weighted by molar-refractivity contribution is 6.31. The van der Waals surface area contributed by atoms with E-state index in [0.29, 0.717) is 6.42 Å². The fourth-order valence-electron chi connectivity index (χ4n) is 2.01. The van der Waals surface area contributed by atoms with E-state index < -0.39 is 24.3 Å². The monoisotopic (exact) mass is 337 g/mol. The number of halogens is 7. The van der Waals surface area contributed by atoms with Crippen molar-refractivity contribution in [1.29, 1.82) is 0 Å². The van der Waals surface area contributed by atoms with E-state index >= 15 is 0 Å². The van der Waals surface area contributed by atoms with Gasteiger partial charge in [0.2, 0.25) is 0 Å². The summed E-state index contributed by atoms with van der Waals surface area (Å²) in [5.74, 6) is -3.57. The number of aromatic nitrogens is 2. The first kappa shape index (κ1) is 18.1. The SMILES string of the molecule is CCCNC(c1c(Cl)cnn1C)C(C(F)(F)F)C(F)(F)F. The van der Waals surface area contributed by atoms with Gasteiger partial charge in [0.15, 0.2) is 5.92 Å². The van der Waals surface area contributed by atoms with Crippen LogP contribution >= 0.6 is 11.6 Å². The van der Waals surface area contributed by atoms with Crippen LogP contribution in [0.1, 0.15) is 25.1 Å². The number of aryl methyl sites for hydroxylation is 1. The summed E-state index contributed by atoms with van der Waals surface area (Å²) in [6.07, 6.45) is -9.54. The Balaban J connectivity index is 3.34. The van der Waals surface area contributed by atoms with Crippen LogP contribution in [0.25, 0.3) is 0 Å². The van der Waals surface area contributed by atoms with E-state index in [2.05, 4.69) is 10.4 Å². The van der Waals surface area contributed by atoms with E-state index in [1.54, 1.807) is 6.92 Å². The Morgan fingerprint density at radius 2 is 1.76 bits per heavy atom. The van der Waals surface area contributed by atoms with E-state index in [1.165, 1.54) is 7.05 Å². The first-order valence-electron chi connectivity index (χ1n) is 6.04. The summed E-state index contributed by atoms with van der Waals surface area (Å²) in [6, 6.07) is -2.05. The molecule has 0 saturated carbocycles. The lowest BCUT2D eigenvalue weighted by atomic mass is 9.95. The van der Waals surface area contributed by atoms with Crippen molar-refractivity contribution in [3.63, 3.8) is 0 Å². The highest BCUT2D eigenvalue weighted by atomic mass is 35.5. The molecule has 0 bridgehead atoms. The van der Waals surface area contributed by atoms with Gasteiger partial charge in [0.1, 0.15) is 0 Å². The summed E-state index contributed by atoms with van der Waals surface area (Å²) in [7, 11) is 1.24. The second kappa shape index (κ2) is 6.43. The normalized spacial score (nSPS) is 14.8. The number of nitrogens with zero attached hydrogens (tertiary/aromatic N) is 2. The Morgan fingerprint density at radius 3 is 2.10 bits per heavy atom. The minimum absolute atomic E-state index is 0.0190. The van der Waals surface area contributed by atoms with E-state index in [9.17, 15) is 26.3 Å². The first-order chi connectivity index (χ1) is 9.50. The highest BCUT2D eigenvalue weighted by Crippen LogP contribution is 2.47. The number of nitrogens with one attached hydrogen (secondary N) is 1. The molecule has 1 aromatic rings. The molecular weight excluding hydrogens is 324 g/mol. The summed E-state index contributed by atoms with van der Waals surface area (Å²) in [4.78, 5) is 0. The molecule has 122 valence electrons. The summed E-state index contributed by atoms with van der Waals surface area (Å²) in [5.41, 5.74) is -0.343. The van der Waals surface area contributed by atoms with E-state index in [-0.39, 0.29) is 17.3 Å². The molecule has 3 nitrogen and oxygen atoms in total. The Bertz CT molecular complexity index is 434. The van der Waals surface area contributed by atoms with Gasteiger partial charge in [-0.3, -0.25) is 4.68 Å². The first-order valence-corrected chi connectivity index (χ1v) is 6.42. The second-order valence-electron chi connectivity index (χ2n) is 4.49. The molecule has 21 heavy (non-hydrogen) atoms. The zero-order valence-electron chi connectivity index (χ0n) is 11.2. The van der Waals surface area contributed by atoms with Crippen molar-refractivity contribution >= 4 is 11.6 Å². The van der Waals surface area contributed by atoms with Gasteiger partial charge in [-0.2, -0.15) is 31.4 Å². The second-order valence-corrected chi connectivity index (χ2v) is 4.90. The minimum Gasteiger partial charge on any atom is -0.308 e. The van der Waals surface area contributed by atoms with Crippen molar-refractivity contribution in [1.82, 2.24) is 15.1 Å². The topological polar surface area (TPSA) is 29.9 Å². The fourth-order valence-corrected chi connectivity index (χ4v) is 2.29. The Kier molecular flexibility index (Phi) is 5.54. The van der Waals surface area contributed by atoms with E-state index in [4.69, 9.17) is 11.6 Å². The molecule has 1 rings (SSSR count). The van der Waals surface area contributed by atoms with Gasteiger partial charge in [-0.25, -0.2) is 0 Å². The third-order valence-corrected chi connectivity index (χ3v) is 3.18. The van der Waals surface area contributed by atoms with Crippen LogP contribution in [-0.4, -0.2) is 28.7 Å². The van der Waals surface area contributed by atoms with Gasteiger partial charge < -0.3 is 5.32 Å². The molecule has 1 N–H and O–H groups in total. The van der Waals surface area contributed by atoms with Gasteiger partial charge in [-0.1, -0.05) is 18.5 Å². The largest absolute Gasteiger partial charge is 0.402 e. The predicted octanol–water partition coefficient (Wildman–Crippen LogP) is 3.86. The zero-order chi connectivity index (χ0) is 16.4. The van der Waals surface area contributed by atoms with Crippen molar-refractivity contribution in [2.45, 2.75) is 31.7 Å². The van der Waals surface area contributed by atoms with Crippen molar-refractivity contribution in [3.05, 3.63) is 16.9 Å². The zero-order valence-corrected chi connectivity index (χ0v) is 11.9. The van der Waals surface area contributed by atoms with Crippen molar-refractivity contribution in [3.8, 4) is 0 Å². The van der Waals surface area contributed by atoms with Gasteiger partial charge in [0.05, 0.1) is 23.0 Å². The molecule has 0 aliphatic rings. The van der Waals surface area contributed by atoms with Crippen molar-refractivity contribution in [2.24, 2.45) is 13.0 Å². The third kappa shape index (κ3) is 4.26. The van der Waals surface area contributed by atoms with Crippen LogP contribution in [0.15, 0.2) is 6.20 Å². The Morgan fingerprint density at radius 1 is 1.24 bits per heavy atom. The van der Waals surface area contributed by atoms with Gasteiger partial charge >= 0.3 is 12.4 Å². The predicted molar refractivity (Wildman–Crippen MR) is 64.9 cm³/mol. The molecule has 0 spiro atoms. The Labute approximate surface area is 122 Å². The average molecular weight is 338 g/mol. The van der Waals surface area contributed by atoms with Gasteiger partial charge in [0.25, 0.3) is 0 Å². The third-order valence-electron chi connectivity index (χ3n) is 2.89. The summed E-state index contributed by atoms with van der Waals surface area (Å²) in [6.45, 7) is 1.61. The molecule has 0 aliphatic heterocycles. The molecular formula is C11H14ClF6N3. The summed E-state index contributed by atoms with van der Waals surface area (Å²) < 4.78 is 78.4. The summed E-state index contributed by atoms with van der Waals surface area (Å²) >= 11 is 5.70. The number of alkyl halides is 6. The molecule has 0 aromatic carbocycles. The number of hydrogen-bond acceptors (Lipinski definition) is 2. The number of rotatable bonds is 5. The van der Waals surface area contributed by atoms with Crippen LogP contribution in [0.5, 0.6) is 0 Å². The van der Waals surface area contributed by atoms with E-state index in [1.807, 2.05) is 0 Å². The molecule has 1 atom stereocenters. The maximum atomic E-state index is 12.9. The summed E-state index contributed by atoms with van der Waals surface area (Å²) in [5, 5.41) is 5.64. The van der Waals surface area contributed by atoms with Crippen LogP contribution < -0.4 is 5.32 Å². The molecule has 0 aliphatic carbocycles. The van der Waals surface area contributed by atoms with Crippen LogP contribution in [0.3, 0.4) is 0 Å². The molecule has 1 heterocycles. The molecule has 0 fully saturated rings. The van der Waals surface area contributed by atoms with Crippen LogP contribution in [-0.2, 0) is 7.05 Å². The molecule has 0 radical (unpaired) electrons. The lowest BCUT2D eigenvalue weighted by Gasteiger charge is -2.31. The molecule has 1 aromatic heterocycles. The molecule has 10 heteroatoms. The van der Waals surface area contributed by atoms with Gasteiger partial charge in [-0.15, -0.1) is 0 Å². The standard InChI is InChI=1S/C11H14ClF6N3/c1-3-4-19-7(8-6(12)5-20-21(8)2)9(10(13,14)15)11(16,17)18/h5,7,9,19H,3-4H2,1-2H3. The van der Waals surface area contributed by atoms with Gasteiger partial charge in [0, 0.05) is 7.05 Å². The number of hydrogen-bond donors (Lipinski definition) is 1. The molecule has 0 saturated heterocycles. The lowest BCUT2D eigenvalue weighted by molar-refractivity contribution is -0.293. The Hall–Kier alpha value is -0.960. The maximum Gasteiger partial charge on any atom is 0.402 e. The van der Waals surface area contributed by atoms with Crippen molar-refractivity contribution in [2.75, 3.05) is 6.54 Å². The van der Waals surface area contributed by atoms with Crippen molar-refractivity contribution < 1.29 is 26.3 Å². The lowest BCUT2D eigenvalue weighted by Crippen LogP contribution is -2.46. The smallest absolute Gasteiger partial charge is 0.308 e. The fraction of sp³-hybridized carbons (Fsp3) is 0.727. The van der Waals surface area contributed by atoms with Gasteiger partial charge in [-0.05, 0) is 13.0 Å². The van der Waals surface area contributed by atoms with Crippen LogP contribution in [0.4, 0.5) is 26.3 Å². The van der Waals surface area contributed by atoms with E-state index in [0.717, 1.165) is 10.9 Å². The quantitative estimate of drug-likeness (QED) is 0.827. The maximum absolute atomic E-state index is 12.9. The average Bonchev–Trinajstić information content (AvgIpc) is 2.61. The molecule has 1 unspecified atom stereocenters. The molecule has 0 amide bonds. The highest BCUT2D eigenvalue weighted by Gasteiger charge is 2.61. The minimum atomic E-state index is -5.46. The van der Waals surface area contributed by atoms with Crippen LogP contribution in [0.2, 0.25) is 5.02 Å².